The van der Waals surface area contributed by atoms with Crippen LogP contribution in [0.1, 0.15) is 0 Å². The van der Waals surface area contributed by atoms with Crippen molar-refractivity contribution < 1.29 is 0 Å². The Morgan fingerprint density at radius 3 is 2.94 bits per heavy atom. The lowest BCUT2D eigenvalue weighted by molar-refractivity contribution is 1.35. The third-order valence-corrected chi connectivity index (χ3v) is 4.85. The van der Waals surface area contributed by atoms with Crippen LogP contribution in [0.5, 0.6) is 0 Å². The number of H-pyrrole nitrogens is 1. The van der Waals surface area contributed by atoms with Crippen molar-refractivity contribution in [3.63, 3.8) is 0 Å². The molecule has 0 aliphatic rings. The van der Waals surface area contributed by atoms with Crippen LogP contribution in [0.2, 0.25) is 0 Å². The van der Waals surface area contributed by atoms with Gasteiger partial charge < -0.3 is 4.98 Å². The molecular weight excluding hydrogens is 248 g/mol. The number of nitrogens with one attached hydrogen (secondary N) is 1. The quantitative estimate of drug-likeness (QED) is 0.533. The number of thiophene rings is 2. The summed E-state index contributed by atoms with van der Waals surface area (Å²) in [5.74, 6) is 0.972. The first-order valence-electron chi connectivity index (χ1n) is 5.31. The molecule has 0 bridgehead atoms. The highest BCUT2D eigenvalue weighted by Crippen LogP contribution is 2.36. The summed E-state index contributed by atoms with van der Waals surface area (Å²) in [4.78, 5) is 8.02. The fraction of sp³-hybridized carbons (Fsp3) is 0. The number of benzene rings is 1. The maximum absolute atomic E-state index is 4.64. The Morgan fingerprint density at radius 1 is 1.06 bits per heavy atom. The van der Waals surface area contributed by atoms with E-state index in [-0.39, 0.29) is 0 Å². The standard InChI is InChI=1S/C13H8N2S2/c1-2-4-10-9(3-1)14-13(15-10)8-7-17-11-5-6-16-12(8)11/h1-7H,(H,14,15). The lowest BCUT2D eigenvalue weighted by Crippen LogP contribution is -1.74. The highest BCUT2D eigenvalue weighted by molar-refractivity contribution is 7.26. The highest BCUT2D eigenvalue weighted by Gasteiger charge is 2.11. The maximum atomic E-state index is 4.64. The fourth-order valence-electron chi connectivity index (χ4n) is 2.01. The molecule has 3 aromatic heterocycles. The molecule has 0 aliphatic carbocycles. The second-order valence-electron chi connectivity index (χ2n) is 3.87. The van der Waals surface area contributed by atoms with E-state index in [0.29, 0.717) is 0 Å². The molecule has 0 aliphatic heterocycles. The smallest absolute Gasteiger partial charge is 0.140 e. The molecule has 1 aromatic carbocycles. The summed E-state index contributed by atoms with van der Waals surface area (Å²) in [5.41, 5.74) is 3.34. The molecule has 0 saturated heterocycles. The average Bonchev–Trinajstić information content (AvgIpc) is 3.02. The zero-order valence-corrected chi connectivity index (χ0v) is 10.4. The second-order valence-corrected chi connectivity index (χ2v) is 5.69. The van der Waals surface area contributed by atoms with Crippen LogP contribution in [-0.2, 0) is 0 Å². The molecule has 0 atom stereocenters. The van der Waals surface area contributed by atoms with Gasteiger partial charge in [-0.2, -0.15) is 0 Å². The van der Waals surface area contributed by atoms with Gasteiger partial charge in [0.05, 0.1) is 15.7 Å². The zero-order chi connectivity index (χ0) is 11.2. The van der Waals surface area contributed by atoms with Crippen LogP contribution in [0.3, 0.4) is 0 Å². The van der Waals surface area contributed by atoms with Gasteiger partial charge in [-0.25, -0.2) is 4.98 Å². The molecule has 2 nitrogen and oxygen atoms in total. The van der Waals surface area contributed by atoms with E-state index in [1.807, 2.05) is 18.2 Å². The SMILES string of the molecule is c1ccc2[nH]c(-c3csc4ccsc34)nc2c1. The lowest BCUT2D eigenvalue weighted by atomic mass is 10.3. The first-order valence-corrected chi connectivity index (χ1v) is 7.07. The lowest BCUT2D eigenvalue weighted by Gasteiger charge is -1.89. The molecular formula is C13H8N2S2. The first kappa shape index (κ1) is 9.39. The average molecular weight is 256 g/mol. The van der Waals surface area contributed by atoms with E-state index in [2.05, 4.69) is 32.9 Å². The van der Waals surface area contributed by atoms with Crippen LogP contribution in [0.4, 0.5) is 0 Å². The molecule has 0 saturated carbocycles. The van der Waals surface area contributed by atoms with Crippen molar-refractivity contribution in [2.24, 2.45) is 0 Å². The third-order valence-electron chi connectivity index (χ3n) is 2.82. The van der Waals surface area contributed by atoms with Crippen molar-refractivity contribution in [3.8, 4) is 11.4 Å². The minimum atomic E-state index is 0.972. The van der Waals surface area contributed by atoms with E-state index in [1.165, 1.54) is 15.0 Å². The van der Waals surface area contributed by atoms with Gasteiger partial charge in [0.15, 0.2) is 0 Å². The molecule has 1 N–H and O–H groups in total. The molecule has 82 valence electrons. The van der Waals surface area contributed by atoms with Crippen molar-refractivity contribution in [2.45, 2.75) is 0 Å². The van der Waals surface area contributed by atoms with Crippen molar-refractivity contribution in [1.82, 2.24) is 9.97 Å². The fourth-order valence-corrected chi connectivity index (χ4v) is 4.10. The number of hydrogen-bond acceptors (Lipinski definition) is 3. The second kappa shape index (κ2) is 3.42. The summed E-state index contributed by atoms with van der Waals surface area (Å²) in [7, 11) is 0. The van der Waals surface area contributed by atoms with Gasteiger partial charge in [0.2, 0.25) is 0 Å². The predicted molar refractivity (Wildman–Crippen MR) is 74.8 cm³/mol. The van der Waals surface area contributed by atoms with Gasteiger partial charge in [0.1, 0.15) is 5.82 Å². The summed E-state index contributed by atoms with van der Waals surface area (Å²) in [6.45, 7) is 0. The Balaban J connectivity index is 2.02. The monoisotopic (exact) mass is 256 g/mol. The van der Waals surface area contributed by atoms with E-state index in [1.54, 1.807) is 22.7 Å². The number of fused-ring (bicyclic) bond motifs is 2. The number of hydrogen-bond donors (Lipinski definition) is 1. The van der Waals surface area contributed by atoms with Crippen molar-refractivity contribution >= 4 is 43.1 Å². The van der Waals surface area contributed by atoms with Gasteiger partial charge in [-0.3, -0.25) is 0 Å². The van der Waals surface area contributed by atoms with Crippen LogP contribution in [0.15, 0.2) is 41.1 Å². The van der Waals surface area contributed by atoms with Gasteiger partial charge >= 0.3 is 0 Å². The zero-order valence-electron chi connectivity index (χ0n) is 8.81. The number of nitrogens with zero attached hydrogens (tertiary/aromatic N) is 1. The molecule has 0 unspecified atom stereocenters. The third kappa shape index (κ3) is 1.34. The summed E-state index contributed by atoms with van der Waals surface area (Å²) in [6.07, 6.45) is 0. The molecule has 4 rings (SSSR count). The Labute approximate surface area is 106 Å². The Morgan fingerprint density at radius 2 is 2.00 bits per heavy atom. The summed E-state index contributed by atoms with van der Waals surface area (Å²) in [5, 5.41) is 4.31. The summed E-state index contributed by atoms with van der Waals surface area (Å²) >= 11 is 3.55. The normalized spacial score (nSPS) is 11.5. The topological polar surface area (TPSA) is 28.7 Å². The number of aromatic nitrogens is 2. The molecule has 0 radical (unpaired) electrons. The van der Waals surface area contributed by atoms with E-state index in [9.17, 15) is 0 Å². The summed E-state index contributed by atoms with van der Waals surface area (Å²) < 4.78 is 2.67. The Bertz CT molecular complexity index is 774. The molecule has 17 heavy (non-hydrogen) atoms. The van der Waals surface area contributed by atoms with Gasteiger partial charge in [-0.15, -0.1) is 22.7 Å². The highest BCUT2D eigenvalue weighted by atomic mass is 32.1. The van der Waals surface area contributed by atoms with Crippen molar-refractivity contribution in [3.05, 3.63) is 41.1 Å². The van der Waals surface area contributed by atoms with Crippen LogP contribution in [0, 0.1) is 0 Å². The molecule has 0 spiro atoms. The van der Waals surface area contributed by atoms with Gasteiger partial charge in [0, 0.05) is 15.6 Å². The number of para-hydroxylation sites is 2. The van der Waals surface area contributed by atoms with E-state index < -0.39 is 0 Å². The van der Waals surface area contributed by atoms with E-state index in [4.69, 9.17) is 0 Å². The van der Waals surface area contributed by atoms with Crippen LogP contribution < -0.4 is 0 Å². The van der Waals surface area contributed by atoms with Gasteiger partial charge in [-0.1, -0.05) is 12.1 Å². The maximum Gasteiger partial charge on any atom is 0.140 e. The predicted octanol–water partition coefficient (Wildman–Crippen LogP) is 4.51. The number of rotatable bonds is 1. The van der Waals surface area contributed by atoms with Crippen LogP contribution >= 0.6 is 22.7 Å². The van der Waals surface area contributed by atoms with Crippen molar-refractivity contribution in [2.75, 3.05) is 0 Å². The van der Waals surface area contributed by atoms with Crippen LogP contribution in [0.25, 0.3) is 31.8 Å². The Kier molecular flexibility index (Phi) is 1.89. The van der Waals surface area contributed by atoms with E-state index >= 15 is 0 Å². The molecule has 0 amide bonds. The number of aromatic amines is 1. The first-order chi connectivity index (χ1) is 8.42. The van der Waals surface area contributed by atoms with Crippen LogP contribution in [-0.4, -0.2) is 9.97 Å². The number of imidazole rings is 1. The molecule has 4 heteroatoms. The summed E-state index contributed by atoms with van der Waals surface area (Å²) in [6, 6.07) is 10.3. The minimum absolute atomic E-state index is 0.972. The van der Waals surface area contributed by atoms with Crippen molar-refractivity contribution in [1.29, 1.82) is 0 Å². The molecule has 4 aromatic rings. The van der Waals surface area contributed by atoms with Gasteiger partial charge in [-0.05, 0) is 23.6 Å². The Hall–Kier alpha value is -1.65. The molecule has 3 heterocycles. The van der Waals surface area contributed by atoms with Gasteiger partial charge in [0.25, 0.3) is 0 Å². The van der Waals surface area contributed by atoms with E-state index in [0.717, 1.165) is 16.9 Å². The minimum Gasteiger partial charge on any atom is -0.338 e. The largest absolute Gasteiger partial charge is 0.338 e. The molecule has 0 fully saturated rings.